The van der Waals surface area contributed by atoms with Crippen molar-refractivity contribution < 1.29 is 9.53 Å². The zero-order chi connectivity index (χ0) is 16.2. The van der Waals surface area contributed by atoms with Crippen molar-refractivity contribution in [3.8, 4) is 5.75 Å². The number of hydrogen-bond donors (Lipinski definition) is 2. The fraction of sp³-hybridized carbons (Fsp3) is 0.176. The Labute approximate surface area is 138 Å². The number of para-hydroxylation sites is 1. The summed E-state index contributed by atoms with van der Waals surface area (Å²) in [5, 5.41) is 4.16. The molecule has 0 bridgehead atoms. The lowest BCUT2D eigenvalue weighted by atomic mass is 10.1. The molecule has 0 saturated carbocycles. The average Bonchev–Trinajstić information content (AvgIpc) is 2.98. The highest BCUT2D eigenvalue weighted by atomic mass is 35.5. The molecule has 0 fully saturated rings. The maximum absolute atomic E-state index is 12.2. The van der Waals surface area contributed by atoms with Crippen molar-refractivity contribution in [2.45, 2.75) is 6.42 Å². The van der Waals surface area contributed by atoms with Crippen molar-refractivity contribution in [1.82, 2.24) is 15.3 Å². The van der Waals surface area contributed by atoms with E-state index in [0.717, 1.165) is 22.2 Å². The van der Waals surface area contributed by atoms with Crippen molar-refractivity contribution in [2.75, 3.05) is 13.7 Å². The summed E-state index contributed by atoms with van der Waals surface area (Å²) in [6, 6.07) is 11.3. The number of amides is 1. The molecule has 0 spiro atoms. The van der Waals surface area contributed by atoms with Gasteiger partial charge < -0.3 is 15.0 Å². The molecular weight excluding hydrogens is 314 g/mol. The van der Waals surface area contributed by atoms with Crippen LogP contribution in [0.25, 0.3) is 10.9 Å². The lowest BCUT2D eigenvalue weighted by molar-refractivity contribution is 0.0950. The maximum atomic E-state index is 12.2. The third kappa shape index (κ3) is 3.46. The fourth-order valence-corrected chi connectivity index (χ4v) is 2.61. The van der Waals surface area contributed by atoms with Crippen LogP contribution < -0.4 is 10.1 Å². The highest BCUT2D eigenvalue weighted by Gasteiger charge is 2.10. The molecule has 0 saturated heterocycles. The first-order valence-corrected chi connectivity index (χ1v) is 7.59. The van der Waals surface area contributed by atoms with Crippen LogP contribution in [-0.2, 0) is 6.42 Å². The van der Waals surface area contributed by atoms with Crippen molar-refractivity contribution in [3.63, 3.8) is 0 Å². The summed E-state index contributed by atoms with van der Waals surface area (Å²) in [5.74, 6) is 0.667. The van der Waals surface area contributed by atoms with Crippen LogP contribution in [0.2, 0.25) is 5.15 Å². The Morgan fingerprint density at radius 2 is 2.17 bits per heavy atom. The van der Waals surface area contributed by atoms with E-state index in [-0.39, 0.29) is 5.91 Å². The zero-order valence-electron chi connectivity index (χ0n) is 12.6. The lowest BCUT2D eigenvalue weighted by Crippen LogP contribution is -2.26. The summed E-state index contributed by atoms with van der Waals surface area (Å²) in [7, 11) is 1.64. The second-order valence-electron chi connectivity index (χ2n) is 5.10. The highest BCUT2D eigenvalue weighted by Crippen LogP contribution is 2.19. The minimum Gasteiger partial charge on any atom is -0.496 e. The first-order chi connectivity index (χ1) is 11.2. The van der Waals surface area contributed by atoms with E-state index in [1.807, 2.05) is 24.3 Å². The number of rotatable bonds is 5. The van der Waals surface area contributed by atoms with Gasteiger partial charge in [0, 0.05) is 11.9 Å². The molecule has 5 nitrogen and oxygen atoms in total. The van der Waals surface area contributed by atoms with E-state index in [4.69, 9.17) is 16.3 Å². The number of aromatic amines is 1. The summed E-state index contributed by atoms with van der Waals surface area (Å²) < 4.78 is 5.30. The number of aromatic nitrogens is 2. The Hall–Kier alpha value is -2.53. The van der Waals surface area contributed by atoms with E-state index >= 15 is 0 Å². The quantitative estimate of drug-likeness (QED) is 0.706. The number of nitrogens with zero attached hydrogens (tertiary/aromatic N) is 1. The summed E-state index contributed by atoms with van der Waals surface area (Å²) in [6.07, 6.45) is 2.31. The van der Waals surface area contributed by atoms with Crippen LogP contribution in [0.5, 0.6) is 5.75 Å². The SMILES string of the molecule is COc1ccccc1CCNC(=O)c1cc2cc(Cl)ncc2[nH]1. The molecule has 2 N–H and O–H groups in total. The van der Waals surface area contributed by atoms with Gasteiger partial charge in [-0.3, -0.25) is 4.79 Å². The van der Waals surface area contributed by atoms with Crippen molar-refractivity contribution in [1.29, 1.82) is 0 Å². The van der Waals surface area contributed by atoms with Gasteiger partial charge in [0.05, 0.1) is 18.8 Å². The van der Waals surface area contributed by atoms with Gasteiger partial charge in [0.1, 0.15) is 16.6 Å². The van der Waals surface area contributed by atoms with E-state index in [9.17, 15) is 4.79 Å². The summed E-state index contributed by atoms with van der Waals surface area (Å²) >= 11 is 5.85. The number of pyridine rings is 1. The highest BCUT2D eigenvalue weighted by molar-refractivity contribution is 6.30. The second-order valence-corrected chi connectivity index (χ2v) is 5.48. The number of ether oxygens (including phenoxy) is 1. The maximum Gasteiger partial charge on any atom is 0.267 e. The number of carbonyl (C=O) groups excluding carboxylic acids is 1. The molecule has 0 unspecified atom stereocenters. The van der Waals surface area contributed by atoms with E-state index in [1.54, 1.807) is 25.4 Å². The molecule has 0 atom stereocenters. The van der Waals surface area contributed by atoms with Gasteiger partial charge in [-0.1, -0.05) is 29.8 Å². The largest absolute Gasteiger partial charge is 0.496 e. The predicted octanol–water partition coefficient (Wildman–Crippen LogP) is 3.20. The number of H-pyrrole nitrogens is 1. The molecule has 0 radical (unpaired) electrons. The molecule has 118 valence electrons. The number of methoxy groups -OCH3 is 1. The lowest BCUT2D eigenvalue weighted by Gasteiger charge is -2.08. The second kappa shape index (κ2) is 6.71. The zero-order valence-corrected chi connectivity index (χ0v) is 13.4. The molecular formula is C17H16ClN3O2. The van der Waals surface area contributed by atoms with Crippen molar-refractivity contribution >= 4 is 28.4 Å². The summed E-state index contributed by atoms with van der Waals surface area (Å²) in [4.78, 5) is 19.2. The van der Waals surface area contributed by atoms with Gasteiger partial charge in [0.25, 0.3) is 5.91 Å². The Morgan fingerprint density at radius 1 is 1.35 bits per heavy atom. The molecule has 3 rings (SSSR count). The molecule has 2 heterocycles. The van der Waals surface area contributed by atoms with E-state index in [1.165, 1.54) is 0 Å². The number of hydrogen-bond acceptors (Lipinski definition) is 3. The summed E-state index contributed by atoms with van der Waals surface area (Å²) in [6.45, 7) is 0.521. The fourth-order valence-electron chi connectivity index (χ4n) is 2.44. The van der Waals surface area contributed by atoms with Crippen LogP contribution in [0, 0.1) is 0 Å². The van der Waals surface area contributed by atoms with Gasteiger partial charge in [0.15, 0.2) is 0 Å². The first kappa shape index (κ1) is 15.4. The Balaban J connectivity index is 1.64. The van der Waals surface area contributed by atoms with Crippen LogP contribution in [0.4, 0.5) is 0 Å². The minimum atomic E-state index is -0.160. The third-order valence-corrected chi connectivity index (χ3v) is 3.80. The van der Waals surface area contributed by atoms with E-state index in [0.29, 0.717) is 23.8 Å². The van der Waals surface area contributed by atoms with Gasteiger partial charge in [-0.15, -0.1) is 0 Å². The average molecular weight is 330 g/mol. The number of nitrogens with one attached hydrogen (secondary N) is 2. The molecule has 23 heavy (non-hydrogen) atoms. The van der Waals surface area contributed by atoms with Gasteiger partial charge in [0.2, 0.25) is 0 Å². The molecule has 2 aromatic heterocycles. The standard InChI is InChI=1S/C17H16ClN3O2/c1-23-15-5-3-2-4-11(15)6-7-19-17(22)13-8-12-9-16(18)20-10-14(12)21-13/h2-5,8-10,21H,6-7H2,1H3,(H,19,22). The van der Waals surface area contributed by atoms with Crippen LogP contribution >= 0.6 is 11.6 Å². The Kier molecular flexibility index (Phi) is 4.48. The van der Waals surface area contributed by atoms with Gasteiger partial charge >= 0.3 is 0 Å². The minimum absolute atomic E-state index is 0.160. The molecule has 3 aromatic rings. The molecule has 0 aliphatic rings. The predicted molar refractivity (Wildman–Crippen MR) is 90.1 cm³/mol. The van der Waals surface area contributed by atoms with Crippen LogP contribution in [-0.4, -0.2) is 29.5 Å². The number of fused-ring (bicyclic) bond motifs is 1. The Bertz CT molecular complexity index is 845. The van der Waals surface area contributed by atoms with E-state index in [2.05, 4.69) is 15.3 Å². The normalized spacial score (nSPS) is 10.7. The molecule has 0 aliphatic heterocycles. The third-order valence-electron chi connectivity index (χ3n) is 3.59. The molecule has 1 amide bonds. The first-order valence-electron chi connectivity index (χ1n) is 7.22. The topological polar surface area (TPSA) is 67.0 Å². The number of halogens is 1. The smallest absolute Gasteiger partial charge is 0.267 e. The molecule has 1 aromatic carbocycles. The van der Waals surface area contributed by atoms with Crippen molar-refractivity contribution in [2.24, 2.45) is 0 Å². The Morgan fingerprint density at radius 3 is 3.00 bits per heavy atom. The number of carbonyl (C=O) groups is 1. The van der Waals surface area contributed by atoms with Crippen LogP contribution in [0.15, 0.2) is 42.6 Å². The summed E-state index contributed by atoms with van der Waals surface area (Å²) in [5.41, 5.74) is 2.33. The van der Waals surface area contributed by atoms with Crippen LogP contribution in [0.3, 0.4) is 0 Å². The number of benzene rings is 1. The van der Waals surface area contributed by atoms with Gasteiger partial charge in [-0.25, -0.2) is 4.98 Å². The molecule has 6 heteroatoms. The van der Waals surface area contributed by atoms with Crippen LogP contribution in [0.1, 0.15) is 16.1 Å². The van der Waals surface area contributed by atoms with Crippen molar-refractivity contribution in [3.05, 3.63) is 59.0 Å². The van der Waals surface area contributed by atoms with Gasteiger partial charge in [-0.05, 0) is 30.2 Å². The molecule has 0 aliphatic carbocycles. The monoisotopic (exact) mass is 329 g/mol. The van der Waals surface area contributed by atoms with Gasteiger partial charge in [-0.2, -0.15) is 0 Å². The van der Waals surface area contributed by atoms with E-state index < -0.39 is 0 Å².